The molecule has 9 nitrogen and oxygen atoms in total. The van der Waals surface area contributed by atoms with Crippen LogP contribution in [0.3, 0.4) is 0 Å². The summed E-state index contributed by atoms with van der Waals surface area (Å²) < 4.78 is 0. The molecule has 1 heterocycles. The standard InChI is InChI=1S/C18H14ClN5O4S/c19-12-3-1-11(2-4-12)10-20-23-18-22-17(26)15(29-18)9-16(25)21-13-5-7-14(8-6-13)24(27)28/h1-8,10,15H,9H2,(H,21,25)(H,22,23,26)/b20-10+. The van der Waals surface area contributed by atoms with Crippen LogP contribution in [0.1, 0.15) is 12.0 Å². The lowest BCUT2D eigenvalue weighted by molar-refractivity contribution is -0.384. The van der Waals surface area contributed by atoms with Crippen molar-refractivity contribution in [3.8, 4) is 0 Å². The number of nitro groups is 1. The average molecular weight is 432 g/mol. The van der Waals surface area contributed by atoms with Crippen molar-refractivity contribution < 1.29 is 14.5 Å². The van der Waals surface area contributed by atoms with Gasteiger partial charge in [-0.1, -0.05) is 35.5 Å². The third-order valence-corrected chi connectivity index (χ3v) is 5.06. The molecule has 0 radical (unpaired) electrons. The number of benzene rings is 2. The summed E-state index contributed by atoms with van der Waals surface area (Å²) >= 11 is 6.92. The first-order valence-corrected chi connectivity index (χ1v) is 9.55. The summed E-state index contributed by atoms with van der Waals surface area (Å²) in [7, 11) is 0. The van der Waals surface area contributed by atoms with Crippen molar-refractivity contribution in [2.45, 2.75) is 11.7 Å². The molecule has 29 heavy (non-hydrogen) atoms. The Hall–Kier alpha value is -3.24. The van der Waals surface area contributed by atoms with Gasteiger partial charge in [-0.15, -0.1) is 5.10 Å². The van der Waals surface area contributed by atoms with Crippen molar-refractivity contribution in [2.24, 2.45) is 10.2 Å². The highest BCUT2D eigenvalue weighted by molar-refractivity contribution is 8.15. The van der Waals surface area contributed by atoms with Gasteiger partial charge in [0.15, 0.2) is 5.17 Å². The van der Waals surface area contributed by atoms with Crippen LogP contribution in [-0.4, -0.2) is 33.4 Å². The maximum atomic E-state index is 12.1. The van der Waals surface area contributed by atoms with E-state index in [1.54, 1.807) is 24.3 Å². The van der Waals surface area contributed by atoms with Crippen molar-refractivity contribution in [1.82, 2.24) is 5.32 Å². The fraction of sp³-hybridized carbons (Fsp3) is 0.111. The van der Waals surface area contributed by atoms with Gasteiger partial charge in [0.25, 0.3) is 5.69 Å². The Morgan fingerprint density at radius 2 is 1.93 bits per heavy atom. The van der Waals surface area contributed by atoms with E-state index in [0.29, 0.717) is 15.9 Å². The van der Waals surface area contributed by atoms with E-state index in [0.717, 1.165) is 17.3 Å². The third-order valence-electron chi connectivity index (χ3n) is 3.73. The van der Waals surface area contributed by atoms with Crippen molar-refractivity contribution in [2.75, 3.05) is 5.32 Å². The minimum Gasteiger partial charge on any atom is -0.326 e. The van der Waals surface area contributed by atoms with E-state index in [2.05, 4.69) is 20.8 Å². The number of nitrogens with one attached hydrogen (secondary N) is 2. The highest BCUT2D eigenvalue weighted by Crippen LogP contribution is 2.23. The fourth-order valence-electron chi connectivity index (χ4n) is 2.33. The number of hydrogen-bond acceptors (Lipinski definition) is 7. The van der Waals surface area contributed by atoms with Crippen LogP contribution < -0.4 is 10.6 Å². The molecule has 1 saturated heterocycles. The van der Waals surface area contributed by atoms with Gasteiger partial charge in [0.2, 0.25) is 11.8 Å². The summed E-state index contributed by atoms with van der Waals surface area (Å²) in [4.78, 5) is 34.3. The highest BCUT2D eigenvalue weighted by Gasteiger charge is 2.32. The van der Waals surface area contributed by atoms with Crippen molar-refractivity contribution >= 4 is 57.9 Å². The molecule has 0 saturated carbocycles. The Labute approximate surface area is 174 Å². The van der Waals surface area contributed by atoms with Gasteiger partial charge in [0.05, 0.1) is 11.1 Å². The lowest BCUT2D eigenvalue weighted by Gasteiger charge is -2.07. The van der Waals surface area contributed by atoms with Crippen LogP contribution in [0.4, 0.5) is 11.4 Å². The number of nitrogens with zero attached hydrogens (tertiary/aromatic N) is 3. The Kier molecular flexibility index (Phi) is 6.57. The first-order valence-electron chi connectivity index (χ1n) is 8.29. The molecule has 0 aliphatic carbocycles. The smallest absolute Gasteiger partial charge is 0.269 e. The first-order chi connectivity index (χ1) is 13.9. The summed E-state index contributed by atoms with van der Waals surface area (Å²) in [6, 6.07) is 12.4. The lowest BCUT2D eigenvalue weighted by atomic mass is 10.2. The molecule has 148 valence electrons. The molecule has 2 N–H and O–H groups in total. The van der Waals surface area contributed by atoms with Crippen molar-refractivity contribution in [1.29, 1.82) is 0 Å². The van der Waals surface area contributed by atoms with E-state index in [9.17, 15) is 19.7 Å². The maximum absolute atomic E-state index is 12.1. The van der Waals surface area contributed by atoms with Gasteiger partial charge in [-0.05, 0) is 29.8 Å². The topological polar surface area (TPSA) is 126 Å². The molecule has 2 aromatic rings. The Balaban J connectivity index is 1.53. The number of carbonyl (C=O) groups excluding carboxylic acids is 2. The summed E-state index contributed by atoms with van der Waals surface area (Å²) in [5.41, 5.74) is 1.13. The molecule has 1 aliphatic heterocycles. The maximum Gasteiger partial charge on any atom is 0.269 e. The van der Waals surface area contributed by atoms with E-state index in [4.69, 9.17) is 11.6 Å². The van der Waals surface area contributed by atoms with Crippen LogP contribution in [0, 0.1) is 10.1 Å². The number of nitro benzene ring substituents is 1. The second-order valence-corrected chi connectivity index (χ2v) is 7.48. The van der Waals surface area contributed by atoms with E-state index >= 15 is 0 Å². The van der Waals surface area contributed by atoms with E-state index in [-0.39, 0.29) is 18.0 Å². The second-order valence-electron chi connectivity index (χ2n) is 5.85. The first kappa shape index (κ1) is 20.5. The molecule has 1 aliphatic rings. The molecule has 1 fully saturated rings. The number of amidine groups is 1. The lowest BCUT2D eigenvalue weighted by Crippen LogP contribution is -2.28. The number of hydrogen-bond donors (Lipinski definition) is 2. The van der Waals surface area contributed by atoms with Crippen LogP contribution in [0.15, 0.2) is 58.7 Å². The van der Waals surface area contributed by atoms with Crippen LogP contribution in [0.25, 0.3) is 0 Å². The normalized spacial score (nSPS) is 17.5. The molecular formula is C18H14ClN5O4S. The SMILES string of the molecule is O=C(CC1S/C(=N/N=C/c2ccc(Cl)cc2)NC1=O)Nc1ccc([N+](=O)[O-])cc1. The Bertz CT molecular complexity index is 992. The summed E-state index contributed by atoms with van der Waals surface area (Å²) in [6.45, 7) is 0. The summed E-state index contributed by atoms with van der Waals surface area (Å²) in [5, 5.41) is 24.0. The van der Waals surface area contributed by atoms with Crippen molar-refractivity contribution in [3.63, 3.8) is 0 Å². The van der Waals surface area contributed by atoms with Gasteiger partial charge < -0.3 is 10.6 Å². The van der Waals surface area contributed by atoms with E-state index < -0.39 is 16.1 Å². The van der Waals surface area contributed by atoms with Gasteiger partial charge in [0.1, 0.15) is 5.25 Å². The predicted octanol–water partition coefficient (Wildman–Crippen LogP) is 3.20. The molecule has 2 amide bonds. The van der Waals surface area contributed by atoms with Crippen LogP contribution >= 0.6 is 23.4 Å². The third kappa shape index (κ3) is 5.87. The fourth-order valence-corrected chi connectivity index (χ4v) is 3.38. The number of rotatable bonds is 6. The number of halogens is 1. The van der Waals surface area contributed by atoms with Crippen LogP contribution in [-0.2, 0) is 9.59 Å². The minimum absolute atomic E-state index is 0.0752. The monoisotopic (exact) mass is 431 g/mol. The molecule has 11 heteroatoms. The van der Waals surface area contributed by atoms with Crippen molar-refractivity contribution in [3.05, 3.63) is 69.2 Å². The predicted molar refractivity (Wildman–Crippen MR) is 112 cm³/mol. The minimum atomic E-state index is -0.641. The molecule has 1 unspecified atom stereocenters. The molecule has 2 aromatic carbocycles. The van der Waals surface area contributed by atoms with E-state index in [1.807, 2.05) is 0 Å². The number of amides is 2. The number of carbonyl (C=O) groups is 2. The van der Waals surface area contributed by atoms with Crippen LogP contribution in [0.5, 0.6) is 0 Å². The zero-order valence-corrected chi connectivity index (χ0v) is 16.3. The van der Waals surface area contributed by atoms with Gasteiger partial charge in [-0.3, -0.25) is 19.7 Å². The number of thioether (sulfide) groups is 1. The number of anilines is 1. The van der Waals surface area contributed by atoms with Gasteiger partial charge in [-0.2, -0.15) is 5.10 Å². The second kappa shape index (κ2) is 9.30. The van der Waals surface area contributed by atoms with Gasteiger partial charge in [0, 0.05) is 29.3 Å². The van der Waals surface area contributed by atoms with Gasteiger partial charge >= 0.3 is 0 Å². The zero-order chi connectivity index (χ0) is 20.8. The largest absolute Gasteiger partial charge is 0.326 e. The molecule has 3 rings (SSSR count). The molecule has 0 bridgehead atoms. The highest BCUT2D eigenvalue weighted by atomic mass is 35.5. The molecule has 0 aromatic heterocycles. The van der Waals surface area contributed by atoms with Crippen LogP contribution in [0.2, 0.25) is 5.02 Å². The molecule has 0 spiro atoms. The quantitative estimate of drug-likeness (QED) is 0.412. The Morgan fingerprint density at radius 1 is 1.24 bits per heavy atom. The van der Waals surface area contributed by atoms with E-state index in [1.165, 1.54) is 30.5 Å². The average Bonchev–Trinajstić information content (AvgIpc) is 3.03. The summed E-state index contributed by atoms with van der Waals surface area (Å²) in [6.07, 6.45) is 1.44. The number of non-ortho nitro benzene ring substituents is 1. The zero-order valence-electron chi connectivity index (χ0n) is 14.7. The molecule has 1 atom stereocenters. The Morgan fingerprint density at radius 3 is 2.59 bits per heavy atom. The summed E-state index contributed by atoms with van der Waals surface area (Å²) in [5.74, 6) is -0.730. The molecular weight excluding hydrogens is 418 g/mol. The van der Waals surface area contributed by atoms with Gasteiger partial charge in [-0.25, -0.2) is 0 Å².